The quantitative estimate of drug-likeness (QED) is 0.548. The average molecular weight is 489 g/mol. The predicted molar refractivity (Wildman–Crippen MR) is 137 cm³/mol. The molecule has 1 unspecified atom stereocenters. The number of likely N-dealkylation sites (tertiary alicyclic amines) is 1. The molecule has 1 fully saturated rings. The molecule has 0 bridgehead atoms. The van der Waals surface area contributed by atoms with Crippen LogP contribution in [0, 0.1) is 18.3 Å². The van der Waals surface area contributed by atoms with Crippen molar-refractivity contribution >= 4 is 5.91 Å². The Bertz CT molecular complexity index is 1300. The number of benzene rings is 1. The topological polar surface area (TPSA) is 107 Å². The molecular weight excluding hydrogens is 456 g/mol. The van der Waals surface area contributed by atoms with Gasteiger partial charge in [-0.1, -0.05) is 6.07 Å². The summed E-state index contributed by atoms with van der Waals surface area (Å²) in [5.74, 6) is 0.321. The van der Waals surface area contributed by atoms with Crippen molar-refractivity contribution in [3.8, 4) is 23.0 Å². The van der Waals surface area contributed by atoms with Crippen LogP contribution < -0.4 is 5.56 Å². The summed E-state index contributed by atoms with van der Waals surface area (Å²) in [5, 5.41) is 12.1. The van der Waals surface area contributed by atoms with E-state index >= 15 is 0 Å². The lowest BCUT2D eigenvalue weighted by Gasteiger charge is -2.31. The lowest BCUT2D eigenvalue weighted by Crippen LogP contribution is -2.42. The molecule has 9 nitrogen and oxygen atoms in total. The highest BCUT2D eigenvalue weighted by Crippen LogP contribution is 2.22. The number of aromatic amines is 1. The van der Waals surface area contributed by atoms with Gasteiger partial charge in [0.25, 0.3) is 11.5 Å². The van der Waals surface area contributed by atoms with E-state index in [1.54, 1.807) is 43.6 Å². The van der Waals surface area contributed by atoms with E-state index in [-0.39, 0.29) is 17.5 Å². The number of hydrogen-bond donors (Lipinski definition) is 1. The van der Waals surface area contributed by atoms with Gasteiger partial charge in [0.2, 0.25) is 0 Å². The molecule has 2 aromatic heterocycles. The van der Waals surface area contributed by atoms with Gasteiger partial charge in [-0.15, -0.1) is 0 Å². The van der Waals surface area contributed by atoms with E-state index < -0.39 is 0 Å². The molecule has 1 amide bonds. The molecule has 3 heterocycles. The third-order valence-electron chi connectivity index (χ3n) is 6.80. The van der Waals surface area contributed by atoms with Crippen molar-refractivity contribution in [1.29, 1.82) is 5.26 Å². The first-order valence-electron chi connectivity index (χ1n) is 12.2. The van der Waals surface area contributed by atoms with E-state index in [0.29, 0.717) is 35.7 Å². The Labute approximate surface area is 210 Å². The number of H-pyrrole nitrogens is 1. The van der Waals surface area contributed by atoms with Crippen LogP contribution in [0.2, 0.25) is 0 Å². The highest BCUT2D eigenvalue weighted by molar-refractivity contribution is 5.94. The molecule has 1 saturated heterocycles. The Balaban J connectivity index is 1.56. The van der Waals surface area contributed by atoms with Crippen molar-refractivity contribution in [3.63, 3.8) is 0 Å². The fourth-order valence-electron chi connectivity index (χ4n) is 4.75. The fourth-order valence-corrected chi connectivity index (χ4v) is 4.75. The van der Waals surface area contributed by atoms with E-state index in [1.807, 2.05) is 11.8 Å². The summed E-state index contributed by atoms with van der Waals surface area (Å²) < 4.78 is 6.63. The minimum absolute atomic E-state index is 0.0756. The second-order valence-corrected chi connectivity index (χ2v) is 9.25. The van der Waals surface area contributed by atoms with Crippen LogP contribution >= 0.6 is 0 Å². The third-order valence-corrected chi connectivity index (χ3v) is 6.80. The number of amides is 1. The monoisotopic (exact) mass is 488 g/mol. The molecule has 9 heteroatoms. The first-order valence-corrected chi connectivity index (χ1v) is 12.2. The molecule has 0 aliphatic carbocycles. The second kappa shape index (κ2) is 11.3. The standard InChI is InChI=1S/C27H32N6O3/c1-19-15-20(16-28)6-8-23(19)24-18-30-33(27(24)35)25-9-7-21(17-29-25)26(34)32(13-14-36-3)22-5-4-11-31(2)12-10-22/h6-9,15,17-18,22,30H,4-5,10-14H2,1-3H3. The molecule has 1 atom stereocenters. The van der Waals surface area contributed by atoms with Crippen LogP contribution in [0.4, 0.5) is 0 Å². The summed E-state index contributed by atoms with van der Waals surface area (Å²) >= 11 is 0. The summed E-state index contributed by atoms with van der Waals surface area (Å²) in [6.45, 7) is 4.85. The van der Waals surface area contributed by atoms with Crippen LogP contribution in [-0.2, 0) is 4.74 Å². The molecule has 3 aromatic rings. The molecule has 36 heavy (non-hydrogen) atoms. The molecule has 1 aromatic carbocycles. The number of carbonyl (C=O) groups excluding carboxylic acids is 1. The zero-order valence-corrected chi connectivity index (χ0v) is 21.0. The molecule has 0 saturated carbocycles. The molecular formula is C27H32N6O3. The number of nitriles is 1. The maximum Gasteiger partial charge on any atom is 0.280 e. The second-order valence-electron chi connectivity index (χ2n) is 9.25. The lowest BCUT2D eigenvalue weighted by atomic mass is 10.0. The van der Waals surface area contributed by atoms with Crippen LogP contribution in [-0.4, -0.2) is 76.9 Å². The van der Waals surface area contributed by atoms with Crippen molar-refractivity contribution in [2.24, 2.45) is 0 Å². The van der Waals surface area contributed by atoms with Crippen LogP contribution in [0.1, 0.15) is 40.7 Å². The summed E-state index contributed by atoms with van der Waals surface area (Å²) in [6.07, 6.45) is 6.09. The molecule has 0 spiro atoms. The Morgan fingerprint density at radius 1 is 1.25 bits per heavy atom. The number of nitrogens with one attached hydrogen (secondary N) is 1. The molecule has 188 valence electrons. The number of ether oxygens (including phenoxy) is 1. The van der Waals surface area contributed by atoms with Crippen molar-refractivity contribution in [2.45, 2.75) is 32.2 Å². The maximum atomic E-state index is 13.5. The molecule has 1 N–H and O–H groups in total. The van der Waals surface area contributed by atoms with Gasteiger partial charge in [-0.05, 0) is 81.7 Å². The molecule has 1 aliphatic heterocycles. The number of rotatable bonds is 7. The molecule has 4 rings (SSSR count). The van der Waals surface area contributed by atoms with Crippen LogP contribution in [0.5, 0.6) is 0 Å². The molecule has 0 radical (unpaired) electrons. The van der Waals surface area contributed by atoms with E-state index in [4.69, 9.17) is 10.00 Å². The van der Waals surface area contributed by atoms with E-state index in [1.165, 1.54) is 10.9 Å². The van der Waals surface area contributed by atoms with Crippen molar-refractivity contribution < 1.29 is 9.53 Å². The zero-order valence-electron chi connectivity index (χ0n) is 21.0. The van der Waals surface area contributed by atoms with Crippen molar-refractivity contribution in [1.82, 2.24) is 24.6 Å². The van der Waals surface area contributed by atoms with Gasteiger partial charge in [-0.3, -0.25) is 14.7 Å². The predicted octanol–water partition coefficient (Wildman–Crippen LogP) is 2.98. The number of nitrogens with zero attached hydrogens (tertiary/aromatic N) is 5. The number of hydrogen-bond acceptors (Lipinski definition) is 6. The van der Waals surface area contributed by atoms with Gasteiger partial charge in [0.05, 0.1) is 29.4 Å². The van der Waals surface area contributed by atoms with E-state index in [0.717, 1.165) is 43.5 Å². The first-order chi connectivity index (χ1) is 17.4. The van der Waals surface area contributed by atoms with Gasteiger partial charge in [-0.25, -0.2) is 9.67 Å². The summed E-state index contributed by atoms with van der Waals surface area (Å²) in [5.41, 5.74) is 2.86. The number of pyridine rings is 1. The van der Waals surface area contributed by atoms with Gasteiger partial charge in [-0.2, -0.15) is 5.26 Å². The smallest absolute Gasteiger partial charge is 0.280 e. The van der Waals surface area contributed by atoms with Gasteiger partial charge in [0.15, 0.2) is 5.82 Å². The minimum atomic E-state index is -0.251. The van der Waals surface area contributed by atoms with Gasteiger partial charge in [0.1, 0.15) is 0 Å². The third kappa shape index (κ3) is 5.40. The highest BCUT2D eigenvalue weighted by Gasteiger charge is 2.26. The maximum absolute atomic E-state index is 13.5. The normalized spacial score (nSPS) is 16.3. The first kappa shape index (κ1) is 25.4. The summed E-state index contributed by atoms with van der Waals surface area (Å²) in [7, 11) is 3.75. The van der Waals surface area contributed by atoms with Crippen molar-refractivity contribution in [3.05, 3.63) is 69.8 Å². The van der Waals surface area contributed by atoms with Gasteiger partial charge < -0.3 is 14.5 Å². The Kier molecular flexibility index (Phi) is 7.98. The zero-order chi connectivity index (χ0) is 25.7. The molecule has 1 aliphatic rings. The van der Waals surface area contributed by atoms with Gasteiger partial charge in [0, 0.05) is 32.1 Å². The SMILES string of the molecule is COCCN(C(=O)c1ccc(-n2[nH]cc(-c3ccc(C#N)cc3C)c2=O)nc1)C1CCCN(C)CC1. The minimum Gasteiger partial charge on any atom is -0.383 e. The van der Waals surface area contributed by atoms with Crippen molar-refractivity contribution in [2.75, 3.05) is 40.4 Å². The number of aromatic nitrogens is 3. The highest BCUT2D eigenvalue weighted by atomic mass is 16.5. The van der Waals surface area contributed by atoms with Gasteiger partial charge >= 0.3 is 0 Å². The average Bonchev–Trinajstić information content (AvgIpc) is 3.13. The van der Waals surface area contributed by atoms with Crippen LogP contribution in [0.3, 0.4) is 0 Å². The Morgan fingerprint density at radius 2 is 2.08 bits per heavy atom. The fraction of sp³-hybridized carbons (Fsp3) is 0.407. The lowest BCUT2D eigenvalue weighted by molar-refractivity contribution is 0.0581. The van der Waals surface area contributed by atoms with Crippen LogP contribution in [0.25, 0.3) is 16.9 Å². The van der Waals surface area contributed by atoms with E-state index in [9.17, 15) is 9.59 Å². The Morgan fingerprint density at radius 3 is 2.78 bits per heavy atom. The van der Waals surface area contributed by atoms with Crippen LogP contribution in [0.15, 0.2) is 47.5 Å². The number of methoxy groups -OCH3 is 1. The summed E-state index contributed by atoms with van der Waals surface area (Å²) in [4.78, 5) is 35.2. The largest absolute Gasteiger partial charge is 0.383 e. The van der Waals surface area contributed by atoms with E-state index in [2.05, 4.69) is 28.1 Å². The number of carbonyl (C=O) groups is 1. The number of aryl methyl sites for hydroxylation is 1. The summed E-state index contributed by atoms with van der Waals surface area (Å²) in [6, 6.07) is 10.9. The Hall–Kier alpha value is -3.74.